The fraction of sp³-hybridized carbons (Fsp3) is 0.467. The first-order chi connectivity index (χ1) is 9.52. The minimum Gasteiger partial charge on any atom is -0.481 e. The van der Waals surface area contributed by atoms with E-state index >= 15 is 0 Å². The number of carboxylic acid groups (broad SMARTS) is 1. The van der Waals surface area contributed by atoms with Gasteiger partial charge in [-0.15, -0.1) is 0 Å². The van der Waals surface area contributed by atoms with Gasteiger partial charge in [-0.05, 0) is 17.0 Å². The first-order valence-electron chi connectivity index (χ1n) is 6.57. The number of benzene rings is 1. The maximum atomic E-state index is 11.7. The summed E-state index contributed by atoms with van der Waals surface area (Å²) < 4.78 is 5.11. The Bertz CT molecular complexity index is 459. The van der Waals surface area contributed by atoms with Crippen LogP contribution in [0.1, 0.15) is 30.9 Å². The van der Waals surface area contributed by atoms with Crippen LogP contribution in [-0.2, 0) is 27.5 Å². The molecule has 1 rings (SSSR count). The van der Waals surface area contributed by atoms with Crippen LogP contribution in [0.5, 0.6) is 0 Å². The van der Waals surface area contributed by atoms with E-state index in [-0.39, 0.29) is 24.7 Å². The number of hydrogen-bond acceptors (Lipinski definition) is 3. The molecule has 1 amide bonds. The van der Waals surface area contributed by atoms with Crippen LogP contribution in [-0.4, -0.2) is 24.1 Å². The molecule has 0 aliphatic carbocycles. The van der Waals surface area contributed by atoms with Gasteiger partial charge in [0.25, 0.3) is 0 Å². The highest BCUT2D eigenvalue weighted by molar-refractivity contribution is 5.77. The van der Waals surface area contributed by atoms with Crippen molar-refractivity contribution in [3.05, 3.63) is 35.4 Å². The predicted octanol–water partition coefficient (Wildman–Crippen LogP) is 1.95. The molecular formula is C15H21NO4. The molecule has 1 aromatic carbocycles. The van der Waals surface area contributed by atoms with Crippen molar-refractivity contribution in [2.24, 2.45) is 5.92 Å². The van der Waals surface area contributed by atoms with Gasteiger partial charge in [0.2, 0.25) is 5.91 Å². The molecule has 1 aromatic rings. The number of carbonyl (C=O) groups excluding carboxylic acids is 1. The van der Waals surface area contributed by atoms with E-state index in [9.17, 15) is 9.59 Å². The van der Waals surface area contributed by atoms with Crippen molar-refractivity contribution >= 4 is 11.9 Å². The van der Waals surface area contributed by atoms with Gasteiger partial charge in [0.05, 0.1) is 6.61 Å². The average molecular weight is 279 g/mol. The van der Waals surface area contributed by atoms with Crippen LogP contribution in [0, 0.1) is 5.92 Å². The van der Waals surface area contributed by atoms with Gasteiger partial charge < -0.3 is 15.2 Å². The lowest BCUT2D eigenvalue weighted by molar-refractivity contribution is -0.138. The summed E-state index contributed by atoms with van der Waals surface area (Å²) in [5, 5.41) is 11.5. The molecule has 0 fully saturated rings. The monoisotopic (exact) mass is 279 g/mol. The standard InChI is InChI=1S/C15H21NO4/c1-11(8-15(18)19)7-14(17)16-9-12-5-3-4-6-13(12)10-20-2/h3-6,11H,7-10H2,1-2H3,(H,16,17)(H,18,19). The number of amides is 1. The molecular weight excluding hydrogens is 258 g/mol. The largest absolute Gasteiger partial charge is 0.481 e. The van der Waals surface area contributed by atoms with Crippen molar-refractivity contribution in [1.29, 1.82) is 0 Å². The Hall–Kier alpha value is -1.88. The molecule has 110 valence electrons. The molecule has 0 bridgehead atoms. The SMILES string of the molecule is COCc1ccccc1CNC(=O)CC(C)CC(=O)O. The third-order valence-corrected chi connectivity index (χ3v) is 2.95. The smallest absolute Gasteiger partial charge is 0.303 e. The van der Waals surface area contributed by atoms with Crippen LogP contribution < -0.4 is 5.32 Å². The van der Waals surface area contributed by atoms with Gasteiger partial charge in [0.1, 0.15) is 0 Å². The summed E-state index contributed by atoms with van der Waals surface area (Å²) in [6.07, 6.45) is 0.229. The second-order valence-electron chi connectivity index (χ2n) is 4.89. The topological polar surface area (TPSA) is 75.6 Å². The number of nitrogens with one attached hydrogen (secondary N) is 1. The van der Waals surface area contributed by atoms with Crippen LogP contribution >= 0.6 is 0 Å². The van der Waals surface area contributed by atoms with Crippen molar-refractivity contribution in [2.75, 3.05) is 7.11 Å². The highest BCUT2D eigenvalue weighted by atomic mass is 16.5. The third-order valence-electron chi connectivity index (χ3n) is 2.95. The second-order valence-corrected chi connectivity index (χ2v) is 4.89. The quantitative estimate of drug-likeness (QED) is 0.762. The molecule has 0 aliphatic heterocycles. The van der Waals surface area contributed by atoms with E-state index < -0.39 is 5.97 Å². The number of carboxylic acids is 1. The molecule has 0 heterocycles. The molecule has 2 N–H and O–H groups in total. The Morgan fingerprint density at radius 2 is 1.90 bits per heavy atom. The highest BCUT2D eigenvalue weighted by Gasteiger charge is 2.12. The third kappa shape index (κ3) is 5.84. The highest BCUT2D eigenvalue weighted by Crippen LogP contribution is 2.11. The average Bonchev–Trinajstić information content (AvgIpc) is 2.37. The van der Waals surface area contributed by atoms with Crippen LogP contribution in [0.2, 0.25) is 0 Å². The minimum atomic E-state index is -0.879. The summed E-state index contributed by atoms with van der Waals surface area (Å²) in [5.74, 6) is -1.18. The molecule has 0 radical (unpaired) electrons. The maximum absolute atomic E-state index is 11.7. The number of methoxy groups -OCH3 is 1. The predicted molar refractivity (Wildman–Crippen MR) is 75.0 cm³/mol. The zero-order chi connectivity index (χ0) is 15.0. The lowest BCUT2D eigenvalue weighted by Gasteiger charge is -2.12. The van der Waals surface area contributed by atoms with Crippen molar-refractivity contribution in [3.63, 3.8) is 0 Å². The Labute approximate surface area is 118 Å². The summed E-state index contributed by atoms with van der Waals surface area (Å²) in [7, 11) is 1.63. The van der Waals surface area contributed by atoms with Gasteiger partial charge in [0, 0.05) is 26.5 Å². The first-order valence-corrected chi connectivity index (χ1v) is 6.57. The molecule has 0 aromatic heterocycles. The fourth-order valence-corrected chi connectivity index (χ4v) is 1.98. The van der Waals surface area contributed by atoms with Crippen LogP contribution in [0.4, 0.5) is 0 Å². The number of ether oxygens (including phenoxy) is 1. The van der Waals surface area contributed by atoms with E-state index in [1.165, 1.54) is 0 Å². The molecule has 0 saturated carbocycles. The molecule has 1 unspecified atom stereocenters. The molecule has 1 atom stereocenters. The van der Waals surface area contributed by atoms with Crippen LogP contribution in [0.3, 0.4) is 0 Å². The minimum absolute atomic E-state index is 0.00762. The number of aliphatic carboxylic acids is 1. The fourth-order valence-electron chi connectivity index (χ4n) is 1.98. The molecule has 0 saturated heterocycles. The van der Waals surface area contributed by atoms with E-state index in [0.717, 1.165) is 11.1 Å². The van der Waals surface area contributed by atoms with Gasteiger partial charge in [-0.25, -0.2) is 0 Å². The Balaban J connectivity index is 2.46. The van der Waals surface area contributed by atoms with E-state index in [2.05, 4.69) is 5.32 Å². The van der Waals surface area contributed by atoms with Gasteiger partial charge in [0.15, 0.2) is 0 Å². The van der Waals surface area contributed by atoms with Crippen LogP contribution in [0.15, 0.2) is 24.3 Å². The number of carbonyl (C=O) groups is 2. The van der Waals surface area contributed by atoms with Gasteiger partial charge in [-0.3, -0.25) is 9.59 Å². The molecule has 20 heavy (non-hydrogen) atoms. The van der Waals surface area contributed by atoms with E-state index in [1.54, 1.807) is 14.0 Å². The Morgan fingerprint density at radius 3 is 2.50 bits per heavy atom. The van der Waals surface area contributed by atoms with Gasteiger partial charge in [-0.1, -0.05) is 31.2 Å². The molecule has 5 heteroatoms. The zero-order valence-corrected chi connectivity index (χ0v) is 11.9. The summed E-state index contributed by atoms with van der Waals surface area (Å²) in [5.41, 5.74) is 2.04. The summed E-state index contributed by atoms with van der Waals surface area (Å²) in [6, 6.07) is 7.73. The Morgan fingerprint density at radius 1 is 1.25 bits per heavy atom. The molecule has 5 nitrogen and oxygen atoms in total. The van der Waals surface area contributed by atoms with E-state index in [0.29, 0.717) is 13.2 Å². The van der Waals surface area contributed by atoms with Crippen molar-refractivity contribution in [1.82, 2.24) is 5.32 Å². The number of hydrogen-bond donors (Lipinski definition) is 2. The van der Waals surface area contributed by atoms with Gasteiger partial charge >= 0.3 is 5.97 Å². The molecule has 0 spiro atoms. The second kappa shape index (κ2) is 8.32. The van der Waals surface area contributed by atoms with Crippen molar-refractivity contribution in [3.8, 4) is 0 Å². The summed E-state index contributed by atoms with van der Waals surface area (Å²) in [6.45, 7) is 2.69. The van der Waals surface area contributed by atoms with E-state index in [4.69, 9.17) is 9.84 Å². The first kappa shape index (κ1) is 16.2. The Kier molecular flexibility index (Phi) is 6.73. The zero-order valence-electron chi connectivity index (χ0n) is 11.9. The van der Waals surface area contributed by atoms with Crippen molar-refractivity contribution < 1.29 is 19.4 Å². The van der Waals surface area contributed by atoms with E-state index in [1.807, 2.05) is 24.3 Å². The number of rotatable bonds is 8. The van der Waals surface area contributed by atoms with Crippen LogP contribution in [0.25, 0.3) is 0 Å². The molecule has 0 aliphatic rings. The van der Waals surface area contributed by atoms with Gasteiger partial charge in [-0.2, -0.15) is 0 Å². The van der Waals surface area contributed by atoms with Crippen molar-refractivity contribution in [2.45, 2.75) is 32.9 Å². The lowest BCUT2D eigenvalue weighted by atomic mass is 10.0. The normalized spacial score (nSPS) is 11.9. The summed E-state index contributed by atoms with van der Waals surface area (Å²) >= 11 is 0. The lowest BCUT2D eigenvalue weighted by Crippen LogP contribution is -2.25. The maximum Gasteiger partial charge on any atom is 0.303 e. The summed E-state index contributed by atoms with van der Waals surface area (Å²) in [4.78, 5) is 22.3.